The molecule has 31 heavy (non-hydrogen) atoms. The SMILES string of the molecule is CCN1CCN(CCNC(=O)CC2=C3CCCCC3N(Cc3ccccc3)C2=O)CC1. The third-order valence-electron chi connectivity index (χ3n) is 7.05. The third-order valence-corrected chi connectivity index (χ3v) is 7.05. The van der Waals surface area contributed by atoms with Crippen molar-refractivity contribution in [1.82, 2.24) is 20.0 Å². The van der Waals surface area contributed by atoms with Crippen LogP contribution >= 0.6 is 0 Å². The quantitative estimate of drug-likeness (QED) is 0.696. The Bertz CT molecular complexity index is 799. The van der Waals surface area contributed by atoms with Gasteiger partial charge in [-0.05, 0) is 36.9 Å². The number of hydrogen-bond acceptors (Lipinski definition) is 4. The lowest BCUT2D eigenvalue weighted by Gasteiger charge is -2.33. The summed E-state index contributed by atoms with van der Waals surface area (Å²) in [7, 11) is 0. The van der Waals surface area contributed by atoms with Crippen molar-refractivity contribution in [2.45, 2.75) is 51.6 Å². The molecule has 2 heterocycles. The molecule has 0 spiro atoms. The first kappa shape index (κ1) is 22.0. The fourth-order valence-electron chi connectivity index (χ4n) is 5.20. The molecule has 4 rings (SSSR count). The molecule has 168 valence electrons. The molecule has 1 unspecified atom stereocenters. The molecule has 0 aromatic heterocycles. The number of fused-ring (bicyclic) bond motifs is 1. The zero-order valence-corrected chi connectivity index (χ0v) is 18.8. The molecular weight excluding hydrogens is 388 g/mol. The maximum absolute atomic E-state index is 13.3. The average Bonchev–Trinajstić information content (AvgIpc) is 3.06. The minimum atomic E-state index is -0.0195. The number of carbonyl (C=O) groups excluding carboxylic acids is 2. The van der Waals surface area contributed by atoms with Gasteiger partial charge in [-0.2, -0.15) is 0 Å². The lowest BCUT2D eigenvalue weighted by Crippen LogP contribution is -2.48. The molecule has 1 aliphatic carbocycles. The van der Waals surface area contributed by atoms with E-state index in [-0.39, 0.29) is 24.3 Å². The Labute approximate surface area is 186 Å². The highest BCUT2D eigenvalue weighted by Gasteiger charge is 2.40. The molecule has 2 amide bonds. The Morgan fingerprint density at radius 3 is 2.55 bits per heavy atom. The zero-order chi connectivity index (χ0) is 21.6. The van der Waals surface area contributed by atoms with Gasteiger partial charge < -0.3 is 15.1 Å². The minimum Gasteiger partial charge on any atom is -0.355 e. The van der Waals surface area contributed by atoms with Gasteiger partial charge in [0.1, 0.15) is 0 Å². The molecule has 6 heteroatoms. The third kappa shape index (κ3) is 5.36. The maximum atomic E-state index is 13.3. The van der Waals surface area contributed by atoms with Crippen LogP contribution in [0.4, 0.5) is 0 Å². The van der Waals surface area contributed by atoms with Crippen molar-refractivity contribution in [1.29, 1.82) is 0 Å². The van der Waals surface area contributed by atoms with Gasteiger partial charge in [0.15, 0.2) is 0 Å². The van der Waals surface area contributed by atoms with Crippen LogP contribution in [0.3, 0.4) is 0 Å². The number of hydrogen-bond donors (Lipinski definition) is 1. The highest BCUT2D eigenvalue weighted by Crippen LogP contribution is 2.38. The molecule has 1 saturated carbocycles. The average molecular weight is 425 g/mol. The lowest BCUT2D eigenvalue weighted by molar-refractivity contribution is -0.129. The fourth-order valence-corrected chi connectivity index (χ4v) is 5.20. The van der Waals surface area contributed by atoms with Gasteiger partial charge in [-0.15, -0.1) is 0 Å². The van der Waals surface area contributed by atoms with Crippen molar-refractivity contribution in [2.75, 3.05) is 45.8 Å². The molecular formula is C25H36N4O2. The van der Waals surface area contributed by atoms with E-state index in [1.165, 1.54) is 5.57 Å². The molecule has 1 N–H and O–H groups in total. The van der Waals surface area contributed by atoms with Gasteiger partial charge in [0, 0.05) is 51.4 Å². The van der Waals surface area contributed by atoms with Crippen LogP contribution in [0.2, 0.25) is 0 Å². The predicted molar refractivity (Wildman–Crippen MR) is 122 cm³/mol. The lowest BCUT2D eigenvalue weighted by atomic mass is 9.88. The number of amides is 2. The van der Waals surface area contributed by atoms with Crippen molar-refractivity contribution in [3.05, 3.63) is 47.0 Å². The summed E-state index contributed by atoms with van der Waals surface area (Å²) in [6, 6.07) is 10.4. The number of benzene rings is 1. The second-order valence-electron chi connectivity index (χ2n) is 8.99. The van der Waals surface area contributed by atoms with Crippen molar-refractivity contribution < 1.29 is 9.59 Å². The van der Waals surface area contributed by atoms with Gasteiger partial charge in [-0.1, -0.05) is 43.7 Å². The second kappa shape index (κ2) is 10.4. The van der Waals surface area contributed by atoms with Gasteiger partial charge in [0.05, 0.1) is 12.5 Å². The molecule has 1 atom stereocenters. The van der Waals surface area contributed by atoms with E-state index in [1.807, 2.05) is 23.1 Å². The molecule has 1 saturated heterocycles. The molecule has 1 aromatic carbocycles. The van der Waals surface area contributed by atoms with Crippen molar-refractivity contribution in [2.24, 2.45) is 0 Å². The summed E-state index contributed by atoms with van der Waals surface area (Å²) in [6.07, 6.45) is 4.46. The van der Waals surface area contributed by atoms with Gasteiger partial charge in [-0.3, -0.25) is 14.5 Å². The van der Waals surface area contributed by atoms with E-state index in [2.05, 4.69) is 34.2 Å². The summed E-state index contributed by atoms with van der Waals surface area (Å²) in [6.45, 7) is 9.81. The monoisotopic (exact) mass is 424 g/mol. The van der Waals surface area contributed by atoms with E-state index >= 15 is 0 Å². The van der Waals surface area contributed by atoms with Crippen LogP contribution in [0.1, 0.15) is 44.6 Å². The predicted octanol–water partition coefficient (Wildman–Crippen LogP) is 2.41. The molecule has 0 bridgehead atoms. The van der Waals surface area contributed by atoms with Crippen LogP contribution in [0.5, 0.6) is 0 Å². The summed E-state index contributed by atoms with van der Waals surface area (Å²) in [5, 5.41) is 3.06. The maximum Gasteiger partial charge on any atom is 0.251 e. The van der Waals surface area contributed by atoms with E-state index in [9.17, 15) is 9.59 Å². The van der Waals surface area contributed by atoms with Crippen LogP contribution in [-0.4, -0.2) is 78.4 Å². The van der Waals surface area contributed by atoms with E-state index in [0.717, 1.165) is 76.1 Å². The Morgan fingerprint density at radius 2 is 1.81 bits per heavy atom. The molecule has 6 nitrogen and oxygen atoms in total. The Hall–Kier alpha value is -2.18. The minimum absolute atomic E-state index is 0.0195. The largest absolute Gasteiger partial charge is 0.355 e. The van der Waals surface area contributed by atoms with Crippen molar-refractivity contribution in [3.63, 3.8) is 0 Å². The first-order valence-electron chi connectivity index (χ1n) is 11.9. The Balaban J connectivity index is 1.31. The molecule has 3 aliphatic rings. The van der Waals surface area contributed by atoms with E-state index in [0.29, 0.717) is 13.1 Å². The van der Waals surface area contributed by atoms with E-state index < -0.39 is 0 Å². The normalized spacial score (nSPS) is 22.7. The smallest absolute Gasteiger partial charge is 0.251 e. The standard InChI is InChI=1S/C25H36N4O2/c1-2-27-14-16-28(17-15-27)13-12-26-24(30)18-22-21-10-6-7-11-23(21)29(25(22)31)19-20-8-4-3-5-9-20/h3-5,8-9,23H,2,6-7,10-19H2,1H3,(H,26,30). The van der Waals surface area contributed by atoms with E-state index in [1.54, 1.807) is 0 Å². The summed E-state index contributed by atoms with van der Waals surface area (Å²) in [4.78, 5) is 32.8. The summed E-state index contributed by atoms with van der Waals surface area (Å²) < 4.78 is 0. The molecule has 2 aliphatic heterocycles. The number of carbonyl (C=O) groups is 2. The second-order valence-corrected chi connectivity index (χ2v) is 8.99. The molecule has 2 fully saturated rings. The Morgan fingerprint density at radius 1 is 1.06 bits per heavy atom. The fraction of sp³-hybridized carbons (Fsp3) is 0.600. The van der Waals surface area contributed by atoms with Crippen molar-refractivity contribution in [3.8, 4) is 0 Å². The summed E-state index contributed by atoms with van der Waals surface area (Å²) >= 11 is 0. The van der Waals surface area contributed by atoms with Crippen LogP contribution in [0.15, 0.2) is 41.5 Å². The summed E-state index contributed by atoms with van der Waals surface area (Å²) in [5.41, 5.74) is 3.13. The molecule has 1 aromatic rings. The first-order valence-corrected chi connectivity index (χ1v) is 11.9. The van der Waals surface area contributed by atoms with Crippen LogP contribution in [0, 0.1) is 0 Å². The number of nitrogens with one attached hydrogen (secondary N) is 1. The zero-order valence-electron chi connectivity index (χ0n) is 18.8. The van der Waals surface area contributed by atoms with Gasteiger partial charge in [-0.25, -0.2) is 0 Å². The Kier molecular flexibility index (Phi) is 7.41. The van der Waals surface area contributed by atoms with Crippen LogP contribution in [-0.2, 0) is 16.1 Å². The highest BCUT2D eigenvalue weighted by molar-refractivity contribution is 6.02. The van der Waals surface area contributed by atoms with Crippen LogP contribution < -0.4 is 5.32 Å². The summed E-state index contributed by atoms with van der Waals surface area (Å²) in [5.74, 6) is 0.0468. The number of likely N-dealkylation sites (N-methyl/N-ethyl adjacent to an activating group) is 1. The van der Waals surface area contributed by atoms with Gasteiger partial charge in [0.2, 0.25) is 5.91 Å². The van der Waals surface area contributed by atoms with Gasteiger partial charge in [0.25, 0.3) is 5.91 Å². The molecule has 0 radical (unpaired) electrons. The van der Waals surface area contributed by atoms with Crippen molar-refractivity contribution >= 4 is 11.8 Å². The number of rotatable bonds is 8. The number of nitrogens with zero attached hydrogens (tertiary/aromatic N) is 3. The first-order chi connectivity index (χ1) is 15.2. The van der Waals surface area contributed by atoms with Crippen LogP contribution in [0.25, 0.3) is 0 Å². The van der Waals surface area contributed by atoms with Gasteiger partial charge >= 0.3 is 0 Å². The highest BCUT2D eigenvalue weighted by atomic mass is 16.2. The topological polar surface area (TPSA) is 55.9 Å². The van der Waals surface area contributed by atoms with E-state index in [4.69, 9.17) is 0 Å². The number of piperazine rings is 1.